The summed E-state index contributed by atoms with van der Waals surface area (Å²) in [5.41, 5.74) is 4.40. The van der Waals surface area contributed by atoms with E-state index < -0.39 is 0 Å². The third kappa shape index (κ3) is 4.76. The second kappa shape index (κ2) is 9.67. The molecule has 1 N–H and O–H groups in total. The number of hydrogen-bond acceptors (Lipinski definition) is 4. The molecule has 7 heteroatoms. The van der Waals surface area contributed by atoms with Gasteiger partial charge in [-0.2, -0.15) is 5.10 Å². The lowest BCUT2D eigenvalue weighted by Gasteiger charge is -2.30. The van der Waals surface area contributed by atoms with Crippen LogP contribution in [-0.2, 0) is 6.54 Å². The molecular weight excluding hydrogens is 427 g/mol. The van der Waals surface area contributed by atoms with Gasteiger partial charge in [0.25, 0.3) is 5.56 Å². The molecule has 1 aliphatic heterocycles. The van der Waals surface area contributed by atoms with E-state index in [0.29, 0.717) is 28.5 Å². The SMILES string of the molecule is Cc1cc(-c2nn(CC=Cc3ccc(Cl)cc3)c(=O)c(N3CCNCC3)c2C)ccc1F. The van der Waals surface area contributed by atoms with Gasteiger partial charge in [0.05, 0.1) is 12.2 Å². The average Bonchev–Trinajstić information content (AvgIpc) is 2.79. The molecule has 3 aromatic rings. The van der Waals surface area contributed by atoms with Gasteiger partial charge < -0.3 is 10.2 Å². The molecule has 1 aromatic heterocycles. The lowest BCUT2D eigenvalue weighted by Crippen LogP contribution is -2.46. The summed E-state index contributed by atoms with van der Waals surface area (Å²) in [6.07, 6.45) is 3.85. The predicted octanol–water partition coefficient (Wildman–Crippen LogP) is 4.44. The molecule has 1 saturated heterocycles. The van der Waals surface area contributed by atoms with E-state index in [0.717, 1.165) is 42.9 Å². The van der Waals surface area contributed by atoms with E-state index in [1.807, 2.05) is 43.3 Å². The molecule has 0 aliphatic carbocycles. The van der Waals surface area contributed by atoms with Crippen LogP contribution in [0.25, 0.3) is 17.3 Å². The molecule has 0 atom stereocenters. The average molecular weight is 453 g/mol. The van der Waals surface area contributed by atoms with E-state index in [-0.39, 0.29) is 11.4 Å². The predicted molar refractivity (Wildman–Crippen MR) is 129 cm³/mol. The Kier molecular flexibility index (Phi) is 6.72. The van der Waals surface area contributed by atoms with Gasteiger partial charge in [-0.05, 0) is 55.3 Å². The first-order valence-corrected chi connectivity index (χ1v) is 11.1. The smallest absolute Gasteiger partial charge is 0.290 e. The van der Waals surface area contributed by atoms with E-state index >= 15 is 0 Å². The maximum atomic E-state index is 13.9. The Hall–Kier alpha value is -2.96. The van der Waals surface area contributed by atoms with E-state index in [1.54, 1.807) is 19.1 Å². The number of aromatic nitrogens is 2. The Morgan fingerprint density at radius 1 is 1.12 bits per heavy atom. The first-order valence-electron chi connectivity index (χ1n) is 10.7. The van der Waals surface area contributed by atoms with Crippen LogP contribution >= 0.6 is 11.6 Å². The van der Waals surface area contributed by atoms with Crippen molar-refractivity contribution in [1.82, 2.24) is 15.1 Å². The van der Waals surface area contributed by atoms with Crippen molar-refractivity contribution in [3.05, 3.63) is 86.4 Å². The van der Waals surface area contributed by atoms with Crippen molar-refractivity contribution in [3.8, 4) is 11.3 Å². The molecule has 1 fully saturated rings. The summed E-state index contributed by atoms with van der Waals surface area (Å²) >= 11 is 5.95. The summed E-state index contributed by atoms with van der Waals surface area (Å²) in [5.74, 6) is -0.257. The largest absolute Gasteiger partial charge is 0.364 e. The Morgan fingerprint density at radius 3 is 2.53 bits per heavy atom. The molecule has 166 valence electrons. The van der Waals surface area contributed by atoms with E-state index in [9.17, 15) is 9.18 Å². The first kappa shape index (κ1) is 22.2. The van der Waals surface area contributed by atoms with Crippen molar-refractivity contribution >= 4 is 23.4 Å². The van der Waals surface area contributed by atoms with Crippen molar-refractivity contribution in [2.45, 2.75) is 20.4 Å². The summed E-state index contributed by atoms with van der Waals surface area (Å²) in [6, 6.07) is 12.4. The third-order valence-electron chi connectivity index (χ3n) is 5.69. The maximum Gasteiger partial charge on any atom is 0.290 e. The Labute approximate surface area is 192 Å². The number of anilines is 1. The number of piperazine rings is 1. The highest BCUT2D eigenvalue weighted by atomic mass is 35.5. The minimum absolute atomic E-state index is 0.118. The van der Waals surface area contributed by atoms with Crippen LogP contribution in [-0.4, -0.2) is 36.0 Å². The van der Waals surface area contributed by atoms with Gasteiger partial charge >= 0.3 is 0 Å². The number of nitrogens with zero attached hydrogens (tertiary/aromatic N) is 3. The number of allylic oxidation sites excluding steroid dienone is 1. The molecule has 0 unspecified atom stereocenters. The number of nitrogens with one attached hydrogen (secondary N) is 1. The van der Waals surface area contributed by atoms with Gasteiger partial charge in [-0.25, -0.2) is 9.07 Å². The number of aryl methyl sites for hydroxylation is 1. The molecule has 0 amide bonds. The molecule has 2 aromatic carbocycles. The molecule has 2 heterocycles. The molecule has 5 nitrogen and oxygen atoms in total. The van der Waals surface area contributed by atoms with E-state index in [4.69, 9.17) is 11.6 Å². The molecule has 4 rings (SSSR count). The monoisotopic (exact) mass is 452 g/mol. The molecular formula is C25H26ClFN4O. The Balaban J connectivity index is 1.76. The number of hydrogen-bond donors (Lipinski definition) is 1. The standard InChI is InChI=1S/C25H26ClFN4O/c1-17-16-20(7-10-22(17)27)23-18(2)24(30-14-11-28-12-15-30)25(32)31(29-23)13-3-4-19-5-8-21(26)9-6-19/h3-10,16,28H,11-15H2,1-2H3. The van der Waals surface area contributed by atoms with Gasteiger partial charge in [0.2, 0.25) is 0 Å². The van der Waals surface area contributed by atoms with Crippen molar-refractivity contribution in [1.29, 1.82) is 0 Å². The summed E-state index contributed by atoms with van der Waals surface area (Å²) in [7, 11) is 0. The van der Waals surface area contributed by atoms with Crippen molar-refractivity contribution in [3.63, 3.8) is 0 Å². The lowest BCUT2D eigenvalue weighted by atomic mass is 10.0. The van der Waals surface area contributed by atoms with Crippen LogP contribution in [0.4, 0.5) is 10.1 Å². The van der Waals surface area contributed by atoms with Crippen LogP contribution in [0, 0.1) is 19.7 Å². The molecule has 32 heavy (non-hydrogen) atoms. The topological polar surface area (TPSA) is 50.2 Å². The van der Waals surface area contributed by atoms with E-state index in [2.05, 4.69) is 15.3 Å². The minimum Gasteiger partial charge on any atom is -0.364 e. The lowest BCUT2D eigenvalue weighted by molar-refractivity contribution is 0.577. The maximum absolute atomic E-state index is 13.9. The van der Waals surface area contributed by atoms with Crippen molar-refractivity contribution in [2.75, 3.05) is 31.1 Å². The van der Waals surface area contributed by atoms with Crippen LogP contribution in [0.15, 0.2) is 53.3 Å². The van der Waals surface area contributed by atoms with Crippen LogP contribution in [0.2, 0.25) is 5.02 Å². The highest BCUT2D eigenvalue weighted by Crippen LogP contribution is 2.28. The molecule has 0 bridgehead atoms. The van der Waals surface area contributed by atoms with Gasteiger partial charge in [0.1, 0.15) is 11.5 Å². The third-order valence-corrected chi connectivity index (χ3v) is 5.94. The molecule has 1 aliphatic rings. The summed E-state index contributed by atoms with van der Waals surface area (Å²) in [4.78, 5) is 15.5. The summed E-state index contributed by atoms with van der Waals surface area (Å²) in [6.45, 7) is 7.13. The highest BCUT2D eigenvalue weighted by molar-refractivity contribution is 6.30. The summed E-state index contributed by atoms with van der Waals surface area (Å²) < 4.78 is 15.4. The minimum atomic E-state index is -0.257. The number of benzene rings is 2. The second-order valence-corrected chi connectivity index (χ2v) is 8.40. The quantitative estimate of drug-likeness (QED) is 0.621. The Morgan fingerprint density at radius 2 is 1.84 bits per heavy atom. The highest BCUT2D eigenvalue weighted by Gasteiger charge is 2.22. The zero-order valence-corrected chi connectivity index (χ0v) is 19.0. The van der Waals surface area contributed by atoms with Crippen molar-refractivity contribution < 1.29 is 4.39 Å². The van der Waals surface area contributed by atoms with Gasteiger partial charge in [0, 0.05) is 42.3 Å². The van der Waals surface area contributed by atoms with Gasteiger partial charge in [-0.15, -0.1) is 0 Å². The van der Waals surface area contributed by atoms with Crippen LogP contribution < -0.4 is 15.8 Å². The fourth-order valence-corrected chi connectivity index (χ4v) is 4.08. The second-order valence-electron chi connectivity index (χ2n) is 7.96. The van der Waals surface area contributed by atoms with Gasteiger partial charge in [-0.1, -0.05) is 35.9 Å². The normalized spacial score (nSPS) is 14.3. The van der Waals surface area contributed by atoms with Gasteiger partial charge in [0.15, 0.2) is 0 Å². The number of halogens is 2. The van der Waals surface area contributed by atoms with E-state index in [1.165, 1.54) is 10.7 Å². The zero-order valence-electron chi connectivity index (χ0n) is 18.2. The molecule has 0 spiro atoms. The molecule has 0 radical (unpaired) electrons. The van der Waals surface area contributed by atoms with Gasteiger partial charge in [-0.3, -0.25) is 4.79 Å². The fourth-order valence-electron chi connectivity index (χ4n) is 3.95. The first-order chi connectivity index (χ1) is 15.4. The molecule has 0 saturated carbocycles. The van der Waals surface area contributed by atoms with Crippen LogP contribution in [0.5, 0.6) is 0 Å². The zero-order chi connectivity index (χ0) is 22.7. The van der Waals surface area contributed by atoms with Crippen LogP contribution in [0.1, 0.15) is 16.7 Å². The van der Waals surface area contributed by atoms with Crippen LogP contribution in [0.3, 0.4) is 0 Å². The Bertz CT molecular complexity index is 1200. The summed E-state index contributed by atoms with van der Waals surface area (Å²) in [5, 5.41) is 8.69. The number of rotatable bonds is 5. The fraction of sp³-hybridized carbons (Fsp3) is 0.280. The van der Waals surface area contributed by atoms with Crippen molar-refractivity contribution in [2.24, 2.45) is 0 Å².